The minimum atomic E-state index is -0.875. The Bertz CT molecular complexity index is 1160. The third-order valence-electron chi connectivity index (χ3n) is 4.76. The van der Waals surface area contributed by atoms with Crippen molar-refractivity contribution >= 4 is 22.8 Å². The van der Waals surface area contributed by atoms with Crippen LogP contribution in [0.1, 0.15) is 40.9 Å². The average Bonchev–Trinajstić information content (AvgIpc) is 2.71. The highest BCUT2D eigenvalue weighted by Gasteiger charge is 2.19. The molecule has 0 saturated heterocycles. The van der Waals surface area contributed by atoms with Crippen LogP contribution in [0.3, 0.4) is 0 Å². The van der Waals surface area contributed by atoms with E-state index in [0.29, 0.717) is 28.5 Å². The Morgan fingerprint density at radius 2 is 1.93 bits per heavy atom. The number of nitrogens with one attached hydrogen (secondary N) is 1. The van der Waals surface area contributed by atoms with Crippen LogP contribution < -0.4 is 10.9 Å². The predicted molar refractivity (Wildman–Crippen MR) is 111 cm³/mol. The first-order chi connectivity index (χ1) is 14.3. The van der Waals surface area contributed by atoms with Crippen molar-refractivity contribution in [3.8, 4) is 5.75 Å². The first kappa shape index (κ1) is 21.1. The second kappa shape index (κ2) is 8.82. The van der Waals surface area contributed by atoms with Gasteiger partial charge in [-0.1, -0.05) is 24.6 Å². The second-order valence-electron chi connectivity index (χ2n) is 7.09. The average molecular weight is 409 g/mol. The van der Waals surface area contributed by atoms with Crippen LogP contribution in [0.5, 0.6) is 5.75 Å². The molecule has 0 aliphatic carbocycles. The number of carbonyl (C=O) groups is 2. The van der Waals surface area contributed by atoms with E-state index in [1.165, 1.54) is 19.1 Å². The van der Waals surface area contributed by atoms with Gasteiger partial charge in [-0.15, -0.1) is 0 Å². The second-order valence-corrected chi connectivity index (χ2v) is 7.09. The van der Waals surface area contributed by atoms with Crippen molar-refractivity contribution in [1.82, 2.24) is 5.32 Å². The SMILES string of the molecule is CCc1cc2c(COC(=O)C(C)NC(=O)c3cccc(C)c3)cc(=O)oc2cc1O. The molecule has 30 heavy (non-hydrogen) atoms. The molecule has 1 aromatic heterocycles. The molecule has 1 heterocycles. The smallest absolute Gasteiger partial charge is 0.336 e. The highest BCUT2D eigenvalue weighted by Crippen LogP contribution is 2.27. The Morgan fingerprint density at radius 3 is 2.63 bits per heavy atom. The van der Waals surface area contributed by atoms with Gasteiger partial charge >= 0.3 is 11.6 Å². The molecule has 7 nitrogen and oxygen atoms in total. The lowest BCUT2D eigenvalue weighted by atomic mass is 10.0. The number of hydrogen-bond acceptors (Lipinski definition) is 6. The highest BCUT2D eigenvalue weighted by molar-refractivity contribution is 5.96. The number of hydrogen-bond donors (Lipinski definition) is 2. The Balaban J connectivity index is 1.73. The maximum Gasteiger partial charge on any atom is 0.336 e. The molecule has 2 N–H and O–H groups in total. The number of aryl methyl sites for hydroxylation is 2. The lowest BCUT2D eigenvalue weighted by molar-refractivity contribution is -0.146. The maximum atomic E-state index is 12.4. The van der Waals surface area contributed by atoms with Crippen molar-refractivity contribution < 1.29 is 23.8 Å². The minimum Gasteiger partial charge on any atom is -0.508 e. The topological polar surface area (TPSA) is 106 Å². The van der Waals surface area contributed by atoms with E-state index in [1.54, 1.807) is 24.3 Å². The van der Waals surface area contributed by atoms with E-state index < -0.39 is 17.6 Å². The normalized spacial score (nSPS) is 11.8. The maximum absolute atomic E-state index is 12.4. The zero-order valence-electron chi connectivity index (χ0n) is 17.0. The van der Waals surface area contributed by atoms with Crippen molar-refractivity contribution in [2.45, 2.75) is 39.8 Å². The summed E-state index contributed by atoms with van der Waals surface area (Å²) >= 11 is 0. The van der Waals surface area contributed by atoms with Gasteiger partial charge < -0.3 is 19.6 Å². The third-order valence-corrected chi connectivity index (χ3v) is 4.76. The zero-order valence-corrected chi connectivity index (χ0v) is 17.0. The van der Waals surface area contributed by atoms with Crippen LogP contribution in [-0.2, 0) is 22.6 Å². The molecule has 7 heteroatoms. The Hall–Kier alpha value is -3.61. The summed E-state index contributed by atoms with van der Waals surface area (Å²) in [7, 11) is 0. The van der Waals surface area contributed by atoms with E-state index in [-0.39, 0.29) is 23.8 Å². The summed E-state index contributed by atoms with van der Waals surface area (Å²) in [6.45, 7) is 5.12. The van der Waals surface area contributed by atoms with E-state index in [2.05, 4.69) is 5.32 Å². The van der Waals surface area contributed by atoms with Gasteiger partial charge in [0.25, 0.3) is 5.91 Å². The van der Waals surface area contributed by atoms with Gasteiger partial charge in [-0.25, -0.2) is 9.59 Å². The number of carbonyl (C=O) groups excluding carboxylic acids is 2. The Labute approximate surface area is 173 Å². The van der Waals surface area contributed by atoms with Crippen molar-refractivity contribution in [1.29, 1.82) is 0 Å². The molecule has 1 amide bonds. The largest absolute Gasteiger partial charge is 0.508 e. The van der Waals surface area contributed by atoms with Crippen molar-refractivity contribution in [2.75, 3.05) is 0 Å². The van der Waals surface area contributed by atoms with Crippen LogP contribution in [0.25, 0.3) is 11.0 Å². The summed E-state index contributed by atoms with van der Waals surface area (Å²) in [6, 6.07) is 10.5. The molecule has 3 rings (SSSR count). The third kappa shape index (κ3) is 4.68. The number of rotatable bonds is 6. The molecule has 1 atom stereocenters. The van der Waals surface area contributed by atoms with E-state index in [0.717, 1.165) is 5.56 Å². The summed E-state index contributed by atoms with van der Waals surface area (Å²) in [5.74, 6) is -0.973. The lowest BCUT2D eigenvalue weighted by Gasteiger charge is -2.14. The number of aromatic hydroxyl groups is 1. The van der Waals surface area contributed by atoms with Crippen molar-refractivity contribution in [3.63, 3.8) is 0 Å². The zero-order chi connectivity index (χ0) is 21.8. The van der Waals surface area contributed by atoms with E-state index in [4.69, 9.17) is 9.15 Å². The van der Waals surface area contributed by atoms with Gasteiger partial charge in [0, 0.05) is 28.6 Å². The van der Waals surface area contributed by atoms with Crippen LogP contribution >= 0.6 is 0 Å². The molecule has 0 fully saturated rings. The van der Waals surface area contributed by atoms with Gasteiger partial charge in [-0.05, 0) is 44.0 Å². The summed E-state index contributed by atoms with van der Waals surface area (Å²) in [4.78, 5) is 36.5. The Morgan fingerprint density at radius 1 is 1.17 bits per heavy atom. The quantitative estimate of drug-likeness (QED) is 0.478. The van der Waals surface area contributed by atoms with Crippen molar-refractivity contribution in [3.05, 3.63) is 75.1 Å². The number of benzene rings is 2. The van der Waals surface area contributed by atoms with Gasteiger partial charge in [-0.3, -0.25) is 4.79 Å². The number of ether oxygens (including phenoxy) is 1. The molecule has 3 aromatic rings. The summed E-state index contributed by atoms with van der Waals surface area (Å²) < 4.78 is 10.5. The molecule has 156 valence electrons. The lowest BCUT2D eigenvalue weighted by Crippen LogP contribution is -2.39. The van der Waals surface area contributed by atoms with Crippen LogP contribution in [0.4, 0.5) is 0 Å². The first-order valence-electron chi connectivity index (χ1n) is 9.61. The summed E-state index contributed by atoms with van der Waals surface area (Å²) in [5, 5.41) is 13.2. The van der Waals surface area contributed by atoms with Crippen LogP contribution in [-0.4, -0.2) is 23.0 Å². The van der Waals surface area contributed by atoms with E-state index in [1.807, 2.05) is 19.9 Å². The van der Waals surface area contributed by atoms with Crippen LogP contribution in [0.15, 0.2) is 51.7 Å². The number of phenols is 1. The molecule has 0 radical (unpaired) electrons. The molecule has 0 aliphatic heterocycles. The first-order valence-corrected chi connectivity index (χ1v) is 9.61. The molecular weight excluding hydrogens is 386 g/mol. The monoisotopic (exact) mass is 409 g/mol. The number of phenolic OH excluding ortho intramolecular Hbond substituents is 1. The molecule has 0 aliphatic rings. The number of esters is 1. The van der Waals surface area contributed by atoms with Crippen LogP contribution in [0, 0.1) is 6.92 Å². The molecule has 0 spiro atoms. The van der Waals surface area contributed by atoms with Gasteiger partial charge in [0.15, 0.2) is 0 Å². The summed E-state index contributed by atoms with van der Waals surface area (Å²) in [6.07, 6.45) is 0.585. The van der Waals surface area contributed by atoms with Gasteiger partial charge in [0.05, 0.1) is 0 Å². The van der Waals surface area contributed by atoms with Gasteiger partial charge in [-0.2, -0.15) is 0 Å². The molecule has 1 unspecified atom stereocenters. The minimum absolute atomic E-state index is 0.0368. The highest BCUT2D eigenvalue weighted by atomic mass is 16.5. The molecular formula is C23H23NO6. The van der Waals surface area contributed by atoms with Gasteiger partial charge in [0.2, 0.25) is 0 Å². The fourth-order valence-corrected chi connectivity index (χ4v) is 3.11. The molecule has 2 aromatic carbocycles. The fourth-order valence-electron chi connectivity index (χ4n) is 3.11. The predicted octanol–water partition coefficient (Wildman–Crippen LogP) is 3.23. The number of amides is 1. The molecule has 0 bridgehead atoms. The van der Waals surface area contributed by atoms with Crippen molar-refractivity contribution in [2.24, 2.45) is 0 Å². The van der Waals surface area contributed by atoms with E-state index >= 15 is 0 Å². The standard InChI is InChI=1S/C23H23NO6/c1-4-15-9-18-17(10-21(26)30-20(18)11-19(15)25)12-29-23(28)14(3)24-22(27)16-7-5-6-13(2)8-16/h5-11,14,25H,4,12H2,1-3H3,(H,24,27). The van der Waals surface area contributed by atoms with Crippen LogP contribution in [0.2, 0.25) is 0 Å². The Kier molecular flexibility index (Phi) is 6.20. The summed E-state index contributed by atoms with van der Waals surface area (Å²) in [5.41, 5.74) is 2.13. The fraction of sp³-hybridized carbons (Fsp3) is 0.261. The number of fused-ring (bicyclic) bond motifs is 1. The van der Waals surface area contributed by atoms with E-state index in [9.17, 15) is 19.5 Å². The molecule has 0 saturated carbocycles. The van der Waals surface area contributed by atoms with Gasteiger partial charge in [0.1, 0.15) is 24.0 Å².